The molecule has 19 heavy (non-hydrogen) atoms. The molecular weight excluding hydrogens is 278 g/mol. The summed E-state index contributed by atoms with van der Waals surface area (Å²) in [4.78, 5) is 2.48. The number of halogens is 1. The van der Waals surface area contributed by atoms with Gasteiger partial charge in [-0.05, 0) is 48.6 Å². The van der Waals surface area contributed by atoms with Crippen LogP contribution in [0.2, 0.25) is 5.02 Å². The molecule has 0 bridgehead atoms. The van der Waals surface area contributed by atoms with Crippen molar-refractivity contribution in [3.05, 3.63) is 40.2 Å². The van der Waals surface area contributed by atoms with Crippen molar-refractivity contribution in [1.29, 1.82) is 0 Å². The second-order valence-electron chi connectivity index (χ2n) is 4.91. The summed E-state index contributed by atoms with van der Waals surface area (Å²) in [5, 5.41) is 0.637. The first-order valence-electron chi connectivity index (χ1n) is 6.38. The van der Waals surface area contributed by atoms with Gasteiger partial charge in [0.1, 0.15) is 5.75 Å². The van der Waals surface area contributed by atoms with Gasteiger partial charge in [-0.1, -0.05) is 17.7 Å². The Bertz CT molecular complexity index is 592. The molecule has 1 unspecified atom stereocenters. The molecule has 2 nitrogen and oxygen atoms in total. The van der Waals surface area contributed by atoms with E-state index >= 15 is 0 Å². The summed E-state index contributed by atoms with van der Waals surface area (Å²) in [5.74, 6) is 1.40. The van der Waals surface area contributed by atoms with Gasteiger partial charge >= 0.3 is 0 Å². The summed E-state index contributed by atoms with van der Waals surface area (Å²) in [5.41, 5.74) is 7.36. The predicted molar refractivity (Wildman–Crippen MR) is 81.0 cm³/mol. The van der Waals surface area contributed by atoms with E-state index in [1.54, 1.807) is 18.4 Å². The van der Waals surface area contributed by atoms with Crippen LogP contribution in [0.1, 0.15) is 23.8 Å². The Kier molecular flexibility index (Phi) is 3.52. The van der Waals surface area contributed by atoms with Crippen LogP contribution in [0.15, 0.2) is 30.3 Å². The molecule has 1 aromatic carbocycles. The fourth-order valence-electron chi connectivity index (χ4n) is 2.19. The van der Waals surface area contributed by atoms with Gasteiger partial charge in [-0.3, -0.25) is 0 Å². The van der Waals surface area contributed by atoms with E-state index in [1.807, 2.05) is 18.2 Å². The van der Waals surface area contributed by atoms with Crippen molar-refractivity contribution >= 4 is 22.9 Å². The molecule has 1 aromatic heterocycles. The molecule has 1 saturated carbocycles. The molecule has 1 heterocycles. The van der Waals surface area contributed by atoms with Crippen LogP contribution >= 0.6 is 22.9 Å². The lowest BCUT2D eigenvalue weighted by Crippen LogP contribution is -2.10. The van der Waals surface area contributed by atoms with Gasteiger partial charge in [0.2, 0.25) is 0 Å². The average Bonchev–Trinajstić information content (AvgIpc) is 3.16. The van der Waals surface area contributed by atoms with E-state index in [-0.39, 0.29) is 6.04 Å². The number of hydrogen-bond acceptors (Lipinski definition) is 3. The number of rotatable bonds is 4. The molecule has 0 amide bonds. The van der Waals surface area contributed by atoms with Crippen molar-refractivity contribution in [2.45, 2.75) is 18.9 Å². The van der Waals surface area contributed by atoms with Gasteiger partial charge in [0.05, 0.1) is 12.1 Å². The molecule has 1 aliphatic rings. The molecule has 2 N–H and O–H groups in total. The van der Waals surface area contributed by atoms with Gasteiger partial charge in [-0.2, -0.15) is 0 Å². The van der Waals surface area contributed by atoms with Gasteiger partial charge in [0, 0.05) is 15.8 Å². The van der Waals surface area contributed by atoms with Crippen LogP contribution < -0.4 is 10.5 Å². The van der Waals surface area contributed by atoms with E-state index in [4.69, 9.17) is 22.1 Å². The lowest BCUT2D eigenvalue weighted by molar-refractivity contribution is 0.415. The number of thiophene rings is 1. The van der Waals surface area contributed by atoms with Crippen molar-refractivity contribution in [3.63, 3.8) is 0 Å². The molecule has 1 atom stereocenters. The number of methoxy groups -OCH3 is 1. The Morgan fingerprint density at radius 3 is 2.79 bits per heavy atom. The summed E-state index contributed by atoms with van der Waals surface area (Å²) in [7, 11) is 1.63. The average molecular weight is 294 g/mol. The highest BCUT2D eigenvalue weighted by Crippen LogP contribution is 2.43. The SMILES string of the molecule is COc1cc(-c2ccc(C(N)C3CC3)s2)ccc1Cl. The topological polar surface area (TPSA) is 35.2 Å². The summed E-state index contributed by atoms with van der Waals surface area (Å²) in [6.45, 7) is 0. The van der Waals surface area contributed by atoms with Crippen LogP contribution in [0.25, 0.3) is 10.4 Å². The van der Waals surface area contributed by atoms with Crippen LogP contribution in [0.5, 0.6) is 5.75 Å². The minimum atomic E-state index is 0.202. The molecule has 1 aliphatic carbocycles. The highest BCUT2D eigenvalue weighted by molar-refractivity contribution is 7.15. The van der Waals surface area contributed by atoms with E-state index in [1.165, 1.54) is 22.6 Å². The second kappa shape index (κ2) is 5.16. The molecule has 0 aliphatic heterocycles. The van der Waals surface area contributed by atoms with Crippen LogP contribution in [-0.2, 0) is 0 Å². The quantitative estimate of drug-likeness (QED) is 0.901. The first-order chi connectivity index (χ1) is 9.19. The van der Waals surface area contributed by atoms with Crippen molar-refractivity contribution in [2.75, 3.05) is 7.11 Å². The van der Waals surface area contributed by atoms with Gasteiger partial charge in [0.25, 0.3) is 0 Å². The first-order valence-corrected chi connectivity index (χ1v) is 7.57. The van der Waals surface area contributed by atoms with Crippen LogP contribution in [-0.4, -0.2) is 7.11 Å². The molecule has 4 heteroatoms. The Balaban J connectivity index is 1.89. The fourth-order valence-corrected chi connectivity index (χ4v) is 3.48. The Labute approximate surface area is 122 Å². The fraction of sp³-hybridized carbons (Fsp3) is 0.333. The smallest absolute Gasteiger partial charge is 0.138 e. The third kappa shape index (κ3) is 2.64. The van der Waals surface area contributed by atoms with Crippen molar-refractivity contribution in [3.8, 4) is 16.2 Å². The minimum Gasteiger partial charge on any atom is -0.495 e. The number of hydrogen-bond donors (Lipinski definition) is 1. The third-order valence-corrected chi connectivity index (χ3v) is 5.07. The summed E-state index contributed by atoms with van der Waals surface area (Å²) in [6, 6.07) is 10.3. The van der Waals surface area contributed by atoms with Crippen molar-refractivity contribution in [1.82, 2.24) is 0 Å². The normalized spacial score (nSPS) is 16.4. The number of benzene rings is 1. The summed E-state index contributed by atoms with van der Waals surface area (Å²) >= 11 is 7.81. The Hall–Kier alpha value is -1.03. The van der Waals surface area contributed by atoms with E-state index < -0.39 is 0 Å². The standard InChI is InChI=1S/C15H16ClNOS/c1-18-12-8-10(4-5-11(12)16)13-6-7-14(19-13)15(17)9-2-3-9/h4-9,15H,2-3,17H2,1H3. The maximum Gasteiger partial charge on any atom is 0.138 e. The highest BCUT2D eigenvalue weighted by atomic mass is 35.5. The number of ether oxygens (including phenoxy) is 1. The molecule has 3 rings (SSSR count). The lowest BCUT2D eigenvalue weighted by Gasteiger charge is -2.07. The Morgan fingerprint density at radius 2 is 2.11 bits per heavy atom. The lowest BCUT2D eigenvalue weighted by atomic mass is 10.1. The summed E-state index contributed by atoms with van der Waals surface area (Å²) < 4.78 is 5.26. The van der Waals surface area contributed by atoms with Gasteiger partial charge < -0.3 is 10.5 Å². The monoisotopic (exact) mass is 293 g/mol. The highest BCUT2D eigenvalue weighted by Gasteiger charge is 2.30. The van der Waals surface area contributed by atoms with E-state index in [0.717, 1.165) is 5.56 Å². The molecule has 1 fully saturated rings. The maximum atomic E-state index is 6.24. The predicted octanol–water partition coefficient (Wildman–Crippen LogP) is 4.49. The van der Waals surface area contributed by atoms with Crippen LogP contribution in [0, 0.1) is 5.92 Å². The molecule has 0 saturated heterocycles. The first kappa shape index (κ1) is 13.0. The minimum absolute atomic E-state index is 0.202. The van der Waals surface area contributed by atoms with E-state index in [2.05, 4.69) is 12.1 Å². The van der Waals surface area contributed by atoms with Crippen molar-refractivity contribution < 1.29 is 4.74 Å². The van der Waals surface area contributed by atoms with Gasteiger partial charge in [-0.25, -0.2) is 0 Å². The van der Waals surface area contributed by atoms with E-state index in [9.17, 15) is 0 Å². The zero-order valence-corrected chi connectivity index (χ0v) is 12.3. The van der Waals surface area contributed by atoms with Gasteiger partial charge in [-0.15, -0.1) is 11.3 Å². The molecular formula is C15H16ClNOS. The van der Waals surface area contributed by atoms with Crippen molar-refractivity contribution in [2.24, 2.45) is 11.7 Å². The zero-order chi connectivity index (χ0) is 13.4. The number of nitrogens with two attached hydrogens (primary N) is 1. The second-order valence-corrected chi connectivity index (χ2v) is 6.44. The largest absolute Gasteiger partial charge is 0.495 e. The van der Waals surface area contributed by atoms with Crippen LogP contribution in [0.4, 0.5) is 0 Å². The summed E-state index contributed by atoms with van der Waals surface area (Å²) in [6.07, 6.45) is 2.53. The van der Waals surface area contributed by atoms with E-state index in [0.29, 0.717) is 16.7 Å². The Morgan fingerprint density at radius 1 is 1.32 bits per heavy atom. The molecule has 100 valence electrons. The van der Waals surface area contributed by atoms with Crippen LogP contribution in [0.3, 0.4) is 0 Å². The maximum absolute atomic E-state index is 6.24. The molecule has 0 radical (unpaired) electrons. The zero-order valence-electron chi connectivity index (χ0n) is 10.7. The third-order valence-electron chi connectivity index (χ3n) is 3.52. The van der Waals surface area contributed by atoms with Gasteiger partial charge in [0.15, 0.2) is 0 Å². The molecule has 2 aromatic rings. The molecule has 0 spiro atoms.